The lowest BCUT2D eigenvalue weighted by Gasteiger charge is -2.39. The van der Waals surface area contributed by atoms with Gasteiger partial charge in [0.1, 0.15) is 11.3 Å². The van der Waals surface area contributed by atoms with E-state index < -0.39 is 0 Å². The fraction of sp³-hybridized carbons (Fsp3) is 0.650. The summed E-state index contributed by atoms with van der Waals surface area (Å²) in [5.74, 6) is 0.183. The molecule has 1 aliphatic carbocycles. The van der Waals surface area contributed by atoms with Crippen LogP contribution in [0.25, 0.3) is 11.0 Å². The fourth-order valence-corrected chi connectivity index (χ4v) is 4.78. The molecule has 0 bridgehead atoms. The maximum absolute atomic E-state index is 14.5. The summed E-state index contributed by atoms with van der Waals surface area (Å²) in [6.07, 6.45) is 6.35. The largest absolute Gasteiger partial charge is 0.381 e. The molecule has 3 fully saturated rings. The summed E-state index contributed by atoms with van der Waals surface area (Å²) in [4.78, 5) is 17.9. The molecule has 0 amide bonds. The number of nitrogens with one attached hydrogen (secondary N) is 1. The van der Waals surface area contributed by atoms with Gasteiger partial charge in [0.15, 0.2) is 0 Å². The topological polar surface area (TPSA) is 50.3 Å². The minimum atomic E-state index is -0.292. The molecule has 3 aliphatic rings. The number of ether oxygens (including phenoxy) is 1. The monoisotopic (exact) mass is 431 g/mol. The molecule has 1 saturated carbocycles. The number of piperidine rings is 1. The molecule has 1 N–H and O–H groups in total. The highest BCUT2D eigenvalue weighted by molar-refractivity contribution is 5.85. The highest BCUT2D eigenvalue weighted by atomic mass is 35.5. The molecule has 1 aromatic carbocycles. The molecule has 2 aromatic rings. The number of fused-ring (bicyclic) bond motifs is 1. The van der Waals surface area contributed by atoms with E-state index in [4.69, 9.17) is 4.74 Å². The van der Waals surface area contributed by atoms with Gasteiger partial charge in [0.05, 0.1) is 5.52 Å². The van der Waals surface area contributed by atoms with Gasteiger partial charge in [0, 0.05) is 38.4 Å². The zero-order valence-electron chi connectivity index (χ0n) is 15.9. The van der Waals surface area contributed by atoms with E-state index >= 15 is 0 Å². The molecule has 5 rings (SSSR count). The number of rotatable bonds is 3. The smallest absolute Gasteiger partial charge is 0.326 e. The number of hydrogen-bond acceptors (Lipinski definition) is 3. The average molecular weight is 432 g/mol. The summed E-state index contributed by atoms with van der Waals surface area (Å²) < 4.78 is 21.8. The van der Waals surface area contributed by atoms with Crippen LogP contribution in [-0.4, -0.2) is 46.8 Å². The zero-order chi connectivity index (χ0) is 17.7. The maximum atomic E-state index is 14.5. The quantitative estimate of drug-likeness (QED) is 0.798. The summed E-state index contributed by atoms with van der Waals surface area (Å²) >= 11 is 0. The summed E-state index contributed by atoms with van der Waals surface area (Å²) in [6, 6.07) is 4.41. The van der Waals surface area contributed by atoms with Gasteiger partial charge in [-0.05, 0) is 62.1 Å². The van der Waals surface area contributed by atoms with E-state index in [-0.39, 0.29) is 42.4 Å². The Kier molecular flexibility index (Phi) is 6.75. The third-order valence-corrected chi connectivity index (χ3v) is 6.42. The van der Waals surface area contributed by atoms with Gasteiger partial charge in [-0.2, -0.15) is 0 Å². The van der Waals surface area contributed by atoms with Gasteiger partial charge in [-0.15, -0.1) is 24.8 Å². The predicted molar refractivity (Wildman–Crippen MR) is 113 cm³/mol. The highest BCUT2D eigenvalue weighted by Crippen LogP contribution is 2.41. The van der Waals surface area contributed by atoms with E-state index in [2.05, 4.69) is 9.88 Å². The van der Waals surface area contributed by atoms with Crippen LogP contribution in [-0.2, 0) is 4.74 Å². The Labute approximate surface area is 176 Å². The van der Waals surface area contributed by atoms with Gasteiger partial charge in [-0.25, -0.2) is 9.18 Å². The van der Waals surface area contributed by atoms with Gasteiger partial charge in [0.2, 0.25) is 0 Å². The Hall–Kier alpha value is -1.08. The number of imidazole rings is 1. The summed E-state index contributed by atoms with van der Waals surface area (Å²) in [5, 5.41) is 0. The lowest BCUT2D eigenvalue weighted by Crippen LogP contribution is -2.45. The van der Waals surface area contributed by atoms with Crippen molar-refractivity contribution in [2.45, 2.75) is 56.5 Å². The molecule has 5 nitrogen and oxygen atoms in total. The van der Waals surface area contributed by atoms with Crippen LogP contribution in [0.15, 0.2) is 16.9 Å². The molecule has 0 spiro atoms. The summed E-state index contributed by atoms with van der Waals surface area (Å²) in [7, 11) is 0. The Morgan fingerprint density at radius 3 is 2.29 bits per heavy atom. The van der Waals surface area contributed by atoms with Crippen molar-refractivity contribution in [1.29, 1.82) is 0 Å². The summed E-state index contributed by atoms with van der Waals surface area (Å²) in [6.45, 7) is 3.71. The van der Waals surface area contributed by atoms with E-state index in [1.54, 1.807) is 6.07 Å². The van der Waals surface area contributed by atoms with Crippen LogP contribution in [0.4, 0.5) is 4.39 Å². The Bertz CT molecular complexity index is 866. The third-order valence-electron chi connectivity index (χ3n) is 6.42. The lowest BCUT2D eigenvalue weighted by molar-refractivity contribution is 0.0220. The molecule has 0 unspecified atom stereocenters. The second-order valence-corrected chi connectivity index (χ2v) is 8.08. The number of halogens is 3. The minimum absolute atomic E-state index is 0. The molecule has 0 atom stereocenters. The molecule has 2 saturated heterocycles. The number of likely N-dealkylation sites (tertiary alicyclic amines) is 1. The van der Waals surface area contributed by atoms with E-state index in [1.807, 2.05) is 10.6 Å². The molecule has 8 heteroatoms. The number of aromatic amines is 1. The molecular weight excluding hydrogens is 404 g/mol. The van der Waals surface area contributed by atoms with Crippen LogP contribution < -0.4 is 5.69 Å². The standard InChI is InChI=1S/C20H26FN3O2.2ClH/c21-17-11-14(13-1-2-13)12-18-19(17)22-20(25)24(18)16-3-7-23(8-4-16)15-5-9-26-10-6-15;;/h11-13,15-16H,1-10H2,(H,22,25);2*1H. The van der Waals surface area contributed by atoms with Crippen LogP contribution in [0.2, 0.25) is 0 Å². The first-order valence-electron chi connectivity index (χ1n) is 9.96. The second-order valence-electron chi connectivity index (χ2n) is 8.08. The van der Waals surface area contributed by atoms with Crippen LogP contribution in [0.1, 0.15) is 56.0 Å². The van der Waals surface area contributed by atoms with Gasteiger partial charge in [-0.1, -0.05) is 0 Å². The zero-order valence-corrected chi connectivity index (χ0v) is 17.5. The first-order chi connectivity index (χ1) is 12.7. The Morgan fingerprint density at radius 2 is 1.64 bits per heavy atom. The van der Waals surface area contributed by atoms with E-state index in [0.29, 0.717) is 17.5 Å². The van der Waals surface area contributed by atoms with Crippen LogP contribution in [0.3, 0.4) is 0 Å². The number of benzene rings is 1. The normalized spacial score (nSPS) is 22.0. The molecule has 2 aliphatic heterocycles. The third kappa shape index (κ3) is 3.97. The first kappa shape index (κ1) is 21.6. The number of nitrogens with zero attached hydrogens (tertiary/aromatic N) is 2. The molecular formula is C20H28Cl2FN3O2. The first-order valence-corrected chi connectivity index (χ1v) is 9.96. The van der Waals surface area contributed by atoms with E-state index in [9.17, 15) is 9.18 Å². The second kappa shape index (κ2) is 8.74. The lowest BCUT2D eigenvalue weighted by atomic mass is 9.99. The fourth-order valence-electron chi connectivity index (χ4n) is 4.78. The van der Waals surface area contributed by atoms with Crippen molar-refractivity contribution in [2.75, 3.05) is 26.3 Å². The SMILES string of the molecule is Cl.Cl.O=c1[nH]c2c(F)cc(C3CC3)cc2n1C1CCN(C2CCOCC2)CC1. The Balaban J connectivity index is 0.00000112. The van der Waals surface area contributed by atoms with Gasteiger partial charge in [-0.3, -0.25) is 4.57 Å². The molecule has 28 heavy (non-hydrogen) atoms. The number of aromatic nitrogens is 2. The number of hydrogen-bond donors (Lipinski definition) is 1. The number of H-pyrrole nitrogens is 1. The molecule has 0 radical (unpaired) electrons. The Morgan fingerprint density at radius 1 is 0.964 bits per heavy atom. The van der Waals surface area contributed by atoms with Gasteiger partial charge >= 0.3 is 5.69 Å². The van der Waals surface area contributed by atoms with Crippen molar-refractivity contribution >= 4 is 35.8 Å². The minimum Gasteiger partial charge on any atom is -0.381 e. The summed E-state index contributed by atoms with van der Waals surface area (Å²) in [5.41, 5.74) is 1.99. The van der Waals surface area contributed by atoms with Crippen molar-refractivity contribution in [3.05, 3.63) is 34.0 Å². The average Bonchev–Trinajstić information content (AvgIpc) is 3.46. The van der Waals surface area contributed by atoms with Gasteiger partial charge in [0.25, 0.3) is 0 Å². The van der Waals surface area contributed by atoms with Crippen LogP contribution >= 0.6 is 24.8 Å². The molecule has 1 aromatic heterocycles. The van der Waals surface area contributed by atoms with E-state index in [1.165, 1.54) is 0 Å². The van der Waals surface area contributed by atoms with E-state index in [0.717, 1.165) is 75.9 Å². The van der Waals surface area contributed by atoms with Crippen molar-refractivity contribution in [3.8, 4) is 0 Å². The van der Waals surface area contributed by atoms with Crippen molar-refractivity contribution in [2.24, 2.45) is 0 Å². The van der Waals surface area contributed by atoms with Crippen molar-refractivity contribution < 1.29 is 9.13 Å². The van der Waals surface area contributed by atoms with Crippen LogP contribution in [0.5, 0.6) is 0 Å². The maximum Gasteiger partial charge on any atom is 0.326 e. The van der Waals surface area contributed by atoms with Crippen molar-refractivity contribution in [3.63, 3.8) is 0 Å². The molecule has 156 valence electrons. The van der Waals surface area contributed by atoms with Crippen molar-refractivity contribution in [1.82, 2.24) is 14.5 Å². The predicted octanol–water partition coefficient (Wildman–Crippen LogP) is 4.01. The van der Waals surface area contributed by atoms with Gasteiger partial charge < -0.3 is 14.6 Å². The van der Waals surface area contributed by atoms with Crippen LogP contribution in [0, 0.1) is 5.82 Å². The molecule has 3 heterocycles. The highest BCUT2D eigenvalue weighted by Gasteiger charge is 2.30.